The van der Waals surface area contributed by atoms with Crippen LogP contribution in [-0.2, 0) is 0 Å². The second kappa shape index (κ2) is 6.17. The predicted octanol–water partition coefficient (Wildman–Crippen LogP) is 2.82. The van der Waals surface area contributed by atoms with Crippen LogP contribution in [0, 0.1) is 12.8 Å². The first-order valence-corrected chi connectivity index (χ1v) is 9.93. The van der Waals surface area contributed by atoms with Crippen molar-refractivity contribution in [3.8, 4) is 10.6 Å². The summed E-state index contributed by atoms with van der Waals surface area (Å²) in [5, 5.41) is 12.4. The number of hydrogen-bond donors (Lipinski definition) is 2. The number of rotatable bonds is 3. The lowest BCUT2D eigenvalue weighted by atomic mass is 9.84. The minimum Gasteiger partial charge on any atom is -0.346 e. The maximum atomic E-state index is 12.8. The molecule has 7 heteroatoms. The van der Waals surface area contributed by atoms with Gasteiger partial charge in [-0.2, -0.15) is 5.10 Å². The fraction of sp³-hybridized carbons (Fsp3) is 0.421. The van der Waals surface area contributed by atoms with Crippen LogP contribution in [0.1, 0.15) is 28.2 Å². The number of nitrogens with zero attached hydrogens (tertiary/aromatic N) is 3. The van der Waals surface area contributed by atoms with Gasteiger partial charge in [0.15, 0.2) is 5.69 Å². The Morgan fingerprint density at radius 2 is 2.19 bits per heavy atom. The van der Waals surface area contributed by atoms with E-state index in [4.69, 9.17) is 0 Å². The maximum Gasteiger partial charge on any atom is 0.272 e. The monoisotopic (exact) mass is 367 g/mol. The average Bonchev–Trinajstić information content (AvgIpc) is 3.28. The normalized spacial score (nSPS) is 24.9. The van der Waals surface area contributed by atoms with Gasteiger partial charge in [0.25, 0.3) is 5.91 Å². The van der Waals surface area contributed by atoms with Gasteiger partial charge >= 0.3 is 0 Å². The fourth-order valence-electron chi connectivity index (χ4n) is 4.18. The molecule has 3 aliphatic rings. The van der Waals surface area contributed by atoms with Crippen molar-refractivity contribution in [2.24, 2.45) is 5.92 Å². The number of benzene rings is 1. The number of amides is 1. The van der Waals surface area contributed by atoms with E-state index in [1.54, 1.807) is 11.3 Å². The third-order valence-electron chi connectivity index (χ3n) is 5.62. The van der Waals surface area contributed by atoms with E-state index >= 15 is 0 Å². The molecule has 3 aliphatic heterocycles. The average molecular weight is 367 g/mol. The molecule has 1 amide bonds. The molecule has 5 heterocycles. The molecular formula is C19H21N5OS. The summed E-state index contributed by atoms with van der Waals surface area (Å²) in [7, 11) is 0. The number of carbonyl (C=O) groups excluding carboxylic acids is 1. The van der Waals surface area contributed by atoms with E-state index in [2.05, 4.69) is 25.4 Å². The molecule has 2 N–H and O–H groups in total. The van der Waals surface area contributed by atoms with Crippen LogP contribution in [0.3, 0.4) is 0 Å². The number of thiazole rings is 1. The van der Waals surface area contributed by atoms with Gasteiger partial charge in [-0.1, -0.05) is 6.07 Å². The standard InChI is InChI=1S/C19H21N5OS/c1-11-9-20-19(26-11)13-2-3-14-15(8-13)22-23-17(14)18(25)21-16-10-24-6-4-12(16)5-7-24/h2-3,8-9,12,16H,4-7,10H2,1H3,(H,21,25)(H,22,23). The van der Waals surface area contributed by atoms with Crippen LogP contribution in [0.25, 0.3) is 21.5 Å². The van der Waals surface area contributed by atoms with Crippen molar-refractivity contribution in [3.05, 3.63) is 35.0 Å². The van der Waals surface area contributed by atoms with Crippen molar-refractivity contribution in [3.63, 3.8) is 0 Å². The summed E-state index contributed by atoms with van der Waals surface area (Å²) in [6.07, 6.45) is 4.25. The van der Waals surface area contributed by atoms with Crippen LogP contribution in [0.4, 0.5) is 0 Å². The maximum absolute atomic E-state index is 12.8. The lowest BCUT2D eigenvalue weighted by molar-refractivity contribution is 0.0618. The summed E-state index contributed by atoms with van der Waals surface area (Å²) in [6.45, 7) is 5.35. The molecule has 1 unspecified atom stereocenters. The Morgan fingerprint density at radius 3 is 2.88 bits per heavy atom. The van der Waals surface area contributed by atoms with Gasteiger partial charge in [0.1, 0.15) is 5.01 Å². The number of hydrogen-bond acceptors (Lipinski definition) is 5. The Bertz CT molecular complexity index is 969. The number of carbonyl (C=O) groups is 1. The van der Waals surface area contributed by atoms with Crippen LogP contribution in [0.5, 0.6) is 0 Å². The highest BCUT2D eigenvalue weighted by molar-refractivity contribution is 7.14. The van der Waals surface area contributed by atoms with Gasteiger partial charge in [-0.15, -0.1) is 11.3 Å². The van der Waals surface area contributed by atoms with E-state index in [-0.39, 0.29) is 11.9 Å². The van der Waals surface area contributed by atoms with Crippen LogP contribution in [-0.4, -0.2) is 51.7 Å². The third kappa shape index (κ3) is 2.71. The molecule has 0 radical (unpaired) electrons. The summed E-state index contributed by atoms with van der Waals surface area (Å²) in [6, 6.07) is 6.25. The van der Waals surface area contributed by atoms with Crippen molar-refractivity contribution in [1.29, 1.82) is 0 Å². The number of aryl methyl sites for hydroxylation is 1. The number of aromatic nitrogens is 3. The van der Waals surface area contributed by atoms with Crippen molar-refractivity contribution in [2.45, 2.75) is 25.8 Å². The molecule has 134 valence electrons. The summed E-state index contributed by atoms with van der Waals surface area (Å²) in [5.41, 5.74) is 2.40. The Morgan fingerprint density at radius 1 is 1.35 bits per heavy atom. The molecule has 0 aliphatic carbocycles. The quantitative estimate of drug-likeness (QED) is 0.747. The Hall–Kier alpha value is -2.25. The molecule has 1 aromatic carbocycles. The van der Waals surface area contributed by atoms with Crippen molar-refractivity contribution < 1.29 is 4.79 Å². The van der Waals surface area contributed by atoms with Crippen molar-refractivity contribution >= 4 is 28.1 Å². The zero-order chi connectivity index (χ0) is 17.7. The van der Waals surface area contributed by atoms with Gasteiger partial charge in [-0.05, 0) is 50.9 Å². The SMILES string of the molecule is Cc1cnc(-c2ccc3c(C(=O)NC4CN5CCC4CC5)n[nH]c3c2)s1. The van der Waals surface area contributed by atoms with Crippen LogP contribution in [0.15, 0.2) is 24.4 Å². The first-order valence-electron chi connectivity index (χ1n) is 9.11. The molecule has 26 heavy (non-hydrogen) atoms. The van der Waals surface area contributed by atoms with Gasteiger partial charge < -0.3 is 10.2 Å². The predicted molar refractivity (Wildman–Crippen MR) is 102 cm³/mol. The van der Waals surface area contributed by atoms with E-state index in [0.29, 0.717) is 11.6 Å². The second-order valence-electron chi connectivity index (χ2n) is 7.33. The summed E-state index contributed by atoms with van der Waals surface area (Å²) in [5.74, 6) is 0.529. The third-order valence-corrected chi connectivity index (χ3v) is 6.58. The van der Waals surface area contributed by atoms with Crippen LogP contribution in [0.2, 0.25) is 0 Å². The van der Waals surface area contributed by atoms with Crippen LogP contribution >= 0.6 is 11.3 Å². The molecule has 3 fully saturated rings. The van der Waals surface area contributed by atoms with E-state index < -0.39 is 0 Å². The lowest BCUT2D eigenvalue weighted by Gasteiger charge is -2.44. The molecule has 6 nitrogen and oxygen atoms in total. The highest BCUT2D eigenvalue weighted by atomic mass is 32.1. The Balaban J connectivity index is 1.39. The van der Waals surface area contributed by atoms with E-state index in [9.17, 15) is 4.79 Å². The fourth-order valence-corrected chi connectivity index (χ4v) is 4.94. The number of fused-ring (bicyclic) bond motifs is 4. The lowest BCUT2D eigenvalue weighted by Crippen LogP contribution is -2.57. The molecule has 6 rings (SSSR count). The number of piperidine rings is 3. The molecular weight excluding hydrogens is 346 g/mol. The molecule has 2 aromatic heterocycles. The van der Waals surface area contributed by atoms with E-state index in [0.717, 1.165) is 28.0 Å². The zero-order valence-electron chi connectivity index (χ0n) is 14.7. The smallest absolute Gasteiger partial charge is 0.272 e. The summed E-state index contributed by atoms with van der Waals surface area (Å²) < 4.78 is 0. The van der Waals surface area contributed by atoms with Gasteiger partial charge in [-0.3, -0.25) is 9.89 Å². The molecule has 3 aromatic rings. The Kier molecular flexibility index (Phi) is 3.79. The summed E-state index contributed by atoms with van der Waals surface area (Å²) >= 11 is 1.66. The molecule has 1 atom stereocenters. The summed E-state index contributed by atoms with van der Waals surface area (Å²) in [4.78, 5) is 20.9. The minimum absolute atomic E-state index is 0.0761. The molecule has 2 bridgehead atoms. The van der Waals surface area contributed by atoms with E-state index in [1.807, 2.05) is 31.3 Å². The highest BCUT2D eigenvalue weighted by Crippen LogP contribution is 2.30. The van der Waals surface area contributed by atoms with Crippen molar-refractivity contribution in [1.82, 2.24) is 25.4 Å². The van der Waals surface area contributed by atoms with Gasteiger partial charge in [0.05, 0.1) is 5.52 Å². The van der Waals surface area contributed by atoms with Gasteiger partial charge in [0, 0.05) is 34.6 Å². The second-order valence-corrected chi connectivity index (χ2v) is 8.56. The highest BCUT2D eigenvalue weighted by Gasteiger charge is 2.35. The largest absolute Gasteiger partial charge is 0.346 e. The first-order chi connectivity index (χ1) is 12.7. The first kappa shape index (κ1) is 16.0. The van der Waals surface area contributed by atoms with Gasteiger partial charge in [0.2, 0.25) is 0 Å². The topological polar surface area (TPSA) is 73.9 Å². The molecule has 3 saturated heterocycles. The Labute approximate surface area is 155 Å². The number of aromatic amines is 1. The molecule has 0 spiro atoms. The minimum atomic E-state index is -0.0761. The number of H-pyrrole nitrogens is 1. The zero-order valence-corrected chi connectivity index (χ0v) is 15.5. The van der Waals surface area contributed by atoms with Gasteiger partial charge in [-0.25, -0.2) is 4.98 Å². The number of nitrogens with one attached hydrogen (secondary N) is 2. The van der Waals surface area contributed by atoms with E-state index in [1.165, 1.54) is 30.8 Å². The van der Waals surface area contributed by atoms with Crippen LogP contribution < -0.4 is 5.32 Å². The van der Waals surface area contributed by atoms with Crippen molar-refractivity contribution in [2.75, 3.05) is 19.6 Å². The molecule has 0 saturated carbocycles.